The summed E-state index contributed by atoms with van der Waals surface area (Å²) < 4.78 is 5.35. The normalized spacial score (nSPS) is 16.0. The van der Waals surface area contributed by atoms with E-state index < -0.39 is 29.8 Å². The molecule has 1 atom stereocenters. The van der Waals surface area contributed by atoms with Crippen LogP contribution in [0.3, 0.4) is 0 Å². The molecule has 0 aliphatic carbocycles. The van der Waals surface area contributed by atoms with Gasteiger partial charge in [0, 0.05) is 5.69 Å². The Morgan fingerprint density at radius 1 is 1.07 bits per heavy atom. The number of carbonyl (C=O) groups is 4. The SMILES string of the molecule is CCOc1ccc(NC2CC(=O)N(c3cc(C(=O)O)cc(C(=O)O)c3)C2=O)cc1. The fourth-order valence-electron chi connectivity index (χ4n) is 3.02. The van der Waals surface area contributed by atoms with E-state index in [1.54, 1.807) is 24.3 Å². The lowest BCUT2D eigenvalue weighted by Crippen LogP contribution is -2.35. The molecule has 0 aromatic heterocycles. The van der Waals surface area contributed by atoms with Crippen LogP contribution in [0.1, 0.15) is 34.1 Å². The van der Waals surface area contributed by atoms with Gasteiger partial charge >= 0.3 is 11.9 Å². The molecule has 0 spiro atoms. The van der Waals surface area contributed by atoms with Crippen LogP contribution in [0.25, 0.3) is 0 Å². The van der Waals surface area contributed by atoms with Gasteiger partial charge in [-0.2, -0.15) is 0 Å². The van der Waals surface area contributed by atoms with Crippen LogP contribution in [-0.2, 0) is 9.59 Å². The number of benzene rings is 2. The fraction of sp³-hybridized carbons (Fsp3) is 0.200. The summed E-state index contributed by atoms with van der Waals surface area (Å²) in [6.07, 6.45) is -0.147. The van der Waals surface area contributed by atoms with Crippen molar-refractivity contribution in [3.63, 3.8) is 0 Å². The third-order valence-corrected chi connectivity index (χ3v) is 4.32. The number of anilines is 2. The van der Waals surface area contributed by atoms with Gasteiger partial charge in [0.15, 0.2) is 0 Å². The van der Waals surface area contributed by atoms with Gasteiger partial charge in [0.2, 0.25) is 5.91 Å². The summed E-state index contributed by atoms with van der Waals surface area (Å²) in [5, 5.41) is 21.4. The highest BCUT2D eigenvalue weighted by atomic mass is 16.5. The Balaban J connectivity index is 1.85. The van der Waals surface area contributed by atoms with Gasteiger partial charge in [0.05, 0.1) is 29.8 Å². The van der Waals surface area contributed by atoms with Gasteiger partial charge in [-0.05, 0) is 49.4 Å². The first-order chi connectivity index (χ1) is 13.8. The molecule has 3 N–H and O–H groups in total. The highest BCUT2D eigenvalue weighted by Crippen LogP contribution is 2.28. The second-order valence-corrected chi connectivity index (χ2v) is 6.30. The van der Waals surface area contributed by atoms with Crippen molar-refractivity contribution < 1.29 is 34.1 Å². The van der Waals surface area contributed by atoms with Gasteiger partial charge in [-0.3, -0.25) is 9.59 Å². The first-order valence-electron chi connectivity index (χ1n) is 8.78. The Bertz CT molecular complexity index is 953. The number of aromatic carboxylic acids is 2. The Morgan fingerprint density at radius 3 is 2.17 bits per heavy atom. The molecule has 150 valence electrons. The van der Waals surface area contributed by atoms with E-state index in [0.717, 1.165) is 23.1 Å². The number of amides is 2. The smallest absolute Gasteiger partial charge is 0.335 e. The minimum absolute atomic E-state index is 0.0895. The number of ether oxygens (including phenoxy) is 1. The summed E-state index contributed by atoms with van der Waals surface area (Å²) in [7, 11) is 0. The Hall–Kier alpha value is -3.88. The quantitative estimate of drug-likeness (QED) is 0.605. The summed E-state index contributed by atoms with van der Waals surface area (Å²) >= 11 is 0. The Kier molecular flexibility index (Phi) is 5.49. The zero-order valence-corrected chi connectivity index (χ0v) is 15.4. The van der Waals surface area contributed by atoms with Crippen molar-refractivity contribution in [2.75, 3.05) is 16.8 Å². The van der Waals surface area contributed by atoms with Gasteiger partial charge in [-0.15, -0.1) is 0 Å². The fourth-order valence-corrected chi connectivity index (χ4v) is 3.02. The number of carboxylic acid groups (broad SMARTS) is 2. The Labute approximate surface area is 165 Å². The van der Waals surface area contributed by atoms with Crippen molar-refractivity contribution in [2.24, 2.45) is 0 Å². The van der Waals surface area contributed by atoms with E-state index in [9.17, 15) is 29.4 Å². The first-order valence-corrected chi connectivity index (χ1v) is 8.78. The average Bonchev–Trinajstić information content (AvgIpc) is 2.96. The first kappa shape index (κ1) is 19.9. The summed E-state index contributed by atoms with van der Waals surface area (Å²) in [6, 6.07) is 9.17. The molecule has 0 bridgehead atoms. The van der Waals surface area contributed by atoms with E-state index in [-0.39, 0.29) is 23.2 Å². The summed E-state index contributed by atoms with van der Waals surface area (Å²) in [6.45, 7) is 2.38. The zero-order valence-electron chi connectivity index (χ0n) is 15.4. The van der Waals surface area contributed by atoms with Gasteiger partial charge < -0.3 is 20.3 Å². The van der Waals surface area contributed by atoms with Gasteiger partial charge in [0.1, 0.15) is 11.8 Å². The van der Waals surface area contributed by atoms with Crippen molar-refractivity contribution in [1.82, 2.24) is 0 Å². The van der Waals surface area contributed by atoms with Crippen LogP contribution in [0.4, 0.5) is 11.4 Å². The van der Waals surface area contributed by atoms with Crippen molar-refractivity contribution in [2.45, 2.75) is 19.4 Å². The predicted octanol–water partition coefficient (Wildman–Crippen LogP) is 2.23. The molecule has 1 aliphatic heterocycles. The summed E-state index contributed by atoms with van der Waals surface area (Å²) in [5.41, 5.74) is -0.146. The zero-order chi connectivity index (χ0) is 21.1. The number of hydrogen-bond donors (Lipinski definition) is 3. The lowest BCUT2D eigenvalue weighted by Gasteiger charge is -2.17. The molecule has 0 saturated carbocycles. The molecule has 1 unspecified atom stereocenters. The van der Waals surface area contributed by atoms with Crippen LogP contribution in [-0.4, -0.2) is 46.6 Å². The third-order valence-electron chi connectivity index (χ3n) is 4.32. The molecule has 1 heterocycles. The minimum Gasteiger partial charge on any atom is -0.494 e. The molecule has 3 rings (SSSR count). The van der Waals surface area contributed by atoms with Crippen LogP contribution in [0.15, 0.2) is 42.5 Å². The molecule has 2 aromatic carbocycles. The molecule has 29 heavy (non-hydrogen) atoms. The number of imide groups is 1. The largest absolute Gasteiger partial charge is 0.494 e. The topological polar surface area (TPSA) is 133 Å². The molecular weight excluding hydrogens is 380 g/mol. The Morgan fingerprint density at radius 2 is 1.66 bits per heavy atom. The lowest BCUT2D eigenvalue weighted by molar-refractivity contribution is -0.121. The second-order valence-electron chi connectivity index (χ2n) is 6.30. The molecule has 1 fully saturated rings. The third kappa shape index (κ3) is 4.18. The molecule has 9 nitrogen and oxygen atoms in total. The van der Waals surface area contributed by atoms with E-state index in [4.69, 9.17) is 4.74 Å². The number of hydrogen-bond acceptors (Lipinski definition) is 6. The molecule has 9 heteroatoms. The van der Waals surface area contributed by atoms with E-state index >= 15 is 0 Å². The monoisotopic (exact) mass is 398 g/mol. The number of carbonyl (C=O) groups excluding carboxylic acids is 2. The molecule has 2 aromatic rings. The maximum Gasteiger partial charge on any atom is 0.335 e. The molecule has 1 aliphatic rings. The van der Waals surface area contributed by atoms with Crippen molar-refractivity contribution in [1.29, 1.82) is 0 Å². The van der Waals surface area contributed by atoms with Crippen molar-refractivity contribution in [3.8, 4) is 5.75 Å². The van der Waals surface area contributed by atoms with Crippen LogP contribution < -0.4 is 15.0 Å². The molecule has 1 saturated heterocycles. The minimum atomic E-state index is -1.36. The lowest BCUT2D eigenvalue weighted by atomic mass is 10.1. The van der Waals surface area contributed by atoms with Crippen molar-refractivity contribution >= 4 is 35.1 Å². The van der Waals surface area contributed by atoms with Crippen LogP contribution in [0, 0.1) is 0 Å². The van der Waals surface area contributed by atoms with Crippen molar-refractivity contribution in [3.05, 3.63) is 53.6 Å². The predicted molar refractivity (Wildman–Crippen MR) is 102 cm³/mol. The number of nitrogens with one attached hydrogen (secondary N) is 1. The van der Waals surface area contributed by atoms with Gasteiger partial charge in [0.25, 0.3) is 5.91 Å². The summed E-state index contributed by atoms with van der Waals surface area (Å²) in [5.74, 6) is -3.21. The molecule has 0 radical (unpaired) electrons. The molecular formula is C20H18N2O7. The van der Waals surface area contributed by atoms with Crippen LogP contribution in [0.2, 0.25) is 0 Å². The standard InChI is InChI=1S/C20H18N2O7/c1-2-29-15-5-3-13(4-6-15)21-16-10-17(23)22(18(16)24)14-8-11(19(25)26)7-12(9-14)20(27)28/h3-9,16,21H,2,10H2,1H3,(H,25,26)(H,27,28). The van der Waals surface area contributed by atoms with Crippen LogP contribution >= 0.6 is 0 Å². The van der Waals surface area contributed by atoms with Gasteiger partial charge in [-0.25, -0.2) is 14.5 Å². The van der Waals surface area contributed by atoms with E-state index in [2.05, 4.69) is 5.32 Å². The maximum atomic E-state index is 12.8. The van der Waals surface area contributed by atoms with Gasteiger partial charge in [-0.1, -0.05) is 0 Å². The van der Waals surface area contributed by atoms with Crippen LogP contribution in [0.5, 0.6) is 5.75 Å². The second kappa shape index (κ2) is 8.01. The van der Waals surface area contributed by atoms with E-state index in [1.807, 2.05) is 6.92 Å². The van der Waals surface area contributed by atoms with E-state index in [0.29, 0.717) is 18.0 Å². The highest BCUT2D eigenvalue weighted by Gasteiger charge is 2.40. The maximum absolute atomic E-state index is 12.8. The summed E-state index contributed by atoms with van der Waals surface area (Å²) in [4.78, 5) is 48.6. The number of carboxylic acids is 2. The number of rotatable bonds is 7. The highest BCUT2D eigenvalue weighted by molar-refractivity contribution is 6.23. The van der Waals surface area contributed by atoms with E-state index in [1.165, 1.54) is 0 Å². The molecule has 2 amide bonds. The average molecular weight is 398 g/mol. The number of nitrogens with zero attached hydrogens (tertiary/aromatic N) is 1.